The van der Waals surface area contributed by atoms with Crippen molar-refractivity contribution < 1.29 is 0 Å². The predicted molar refractivity (Wildman–Crippen MR) is 94.4 cm³/mol. The Bertz CT molecular complexity index is 580. The second-order valence-electron chi connectivity index (χ2n) is 6.62. The van der Waals surface area contributed by atoms with Crippen molar-refractivity contribution in [2.75, 3.05) is 0 Å². The van der Waals surface area contributed by atoms with Gasteiger partial charge in [0.25, 0.3) is 0 Å². The summed E-state index contributed by atoms with van der Waals surface area (Å²) >= 11 is 7.65. The van der Waals surface area contributed by atoms with Crippen LogP contribution in [0.3, 0.4) is 0 Å². The number of rotatable bonds is 4. The largest absolute Gasteiger partial charge is 0.303 e. The van der Waals surface area contributed by atoms with E-state index >= 15 is 0 Å². The van der Waals surface area contributed by atoms with E-state index in [2.05, 4.69) is 70.3 Å². The molecule has 2 unspecified atom stereocenters. The summed E-state index contributed by atoms with van der Waals surface area (Å²) in [5.74, 6) is 0. The molecule has 2 rings (SSSR count). The Balaban J connectivity index is 2.04. The Morgan fingerprint density at radius 1 is 0.952 bits per heavy atom. The molecule has 0 aliphatic carbocycles. The van der Waals surface area contributed by atoms with Crippen LogP contribution in [0.4, 0.5) is 0 Å². The Morgan fingerprint density at radius 2 is 1.57 bits per heavy atom. The van der Waals surface area contributed by atoms with E-state index in [0.29, 0.717) is 12.1 Å². The maximum Gasteiger partial charge on any atom is 0.0931 e. The lowest BCUT2D eigenvalue weighted by molar-refractivity contribution is 0.499. The molecule has 0 amide bonds. The zero-order chi connectivity index (χ0) is 15.6. The maximum absolute atomic E-state index is 6.01. The quantitative estimate of drug-likeness (QED) is 0.716. The molecule has 114 valence electrons. The minimum atomic E-state index is 0.205. The van der Waals surface area contributed by atoms with Crippen LogP contribution >= 0.6 is 22.9 Å². The number of halogens is 1. The third-order valence-corrected chi connectivity index (χ3v) is 5.21. The highest BCUT2D eigenvalue weighted by Crippen LogP contribution is 2.29. The Labute approximate surface area is 137 Å². The Kier molecular flexibility index (Phi) is 5.13. The zero-order valence-electron chi connectivity index (χ0n) is 13.4. The van der Waals surface area contributed by atoms with Crippen LogP contribution < -0.4 is 5.32 Å². The molecule has 1 heterocycles. The van der Waals surface area contributed by atoms with E-state index < -0.39 is 0 Å². The second-order valence-corrected chi connectivity index (χ2v) is 8.37. The van der Waals surface area contributed by atoms with E-state index in [9.17, 15) is 0 Å². The first kappa shape index (κ1) is 16.5. The molecule has 0 aliphatic rings. The normalized spacial score (nSPS) is 15.0. The predicted octanol–water partition coefficient (Wildman–Crippen LogP) is 6.11. The molecule has 2 aromatic rings. The molecule has 1 N–H and O–H groups in total. The SMILES string of the molecule is CC(NC(C)c1ccc(Cl)s1)c1ccc(C(C)(C)C)cc1. The molecule has 0 fully saturated rings. The first-order valence-corrected chi connectivity index (χ1v) is 8.58. The van der Waals surface area contributed by atoms with E-state index in [4.69, 9.17) is 11.6 Å². The number of nitrogens with one attached hydrogen (secondary N) is 1. The van der Waals surface area contributed by atoms with Gasteiger partial charge in [-0.3, -0.25) is 0 Å². The van der Waals surface area contributed by atoms with Crippen LogP contribution in [0.1, 0.15) is 62.7 Å². The molecule has 0 aliphatic heterocycles. The van der Waals surface area contributed by atoms with E-state index in [1.807, 2.05) is 6.07 Å². The van der Waals surface area contributed by atoms with Gasteiger partial charge in [0.2, 0.25) is 0 Å². The van der Waals surface area contributed by atoms with Gasteiger partial charge in [0.05, 0.1) is 4.34 Å². The highest BCUT2D eigenvalue weighted by molar-refractivity contribution is 7.16. The summed E-state index contributed by atoms with van der Waals surface area (Å²) in [7, 11) is 0. The van der Waals surface area contributed by atoms with E-state index in [1.165, 1.54) is 16.0 Å². The summed E-state index contributed by atoms with van der Waals surface area (Å²) in [6.45, 7) is 11.1. The Hall–Kier alpha value is -0.830. The second kappa shape index (κ2) is 6.51. The summed E-state index contributed by atoms with van der Waals surface area (Å²) in [5, 5.41) is 3.64. The van der Waals surface area contributed by atoms with Crippen LogP contribution in [0.25, 0.3) is 0 Å². The van der Waals surface area contributed by atoms with Crippen molar-refractivity contribution in [3.05, 3.63) is 56.7 Å². The van der Waals surface area contributed by atoms with Crippen LogP contribution in [-0.4, -0.2) is 0 Å². The van der Waals surface area contributed by atoms with E-state index in [0.717, 1.165) is 4.34 Å². The number of hydrogen-bond donors (Lipinski definition) is 1. The molecule has 0 bridgehead atoms. The summed E-state index contributed by atoms with van der Waals surface area (Å²) in [4.78, 5) is 1.28. The third-order valence-electron chi connectivity index (χ3n) is 3.80. The fourth-order valence-corrected chi connectivity index (χ4v) is 3.46. The molecule has 1 aromatic carbocycles. The van der Waals surface area contributed by atoms with Gasteiger partial charge in [-0.1, -0.05) is 56.6 Å². The lowest BCUT2D eigenvalue weighted by Gasteiger charge is -2.22. The Morgan fingerprint density at radius 3 is 2.05 bits per heavy atom. The zero-order valence-corrected chi connectivity index (χ0v) is 15.0. The molecule has 0 saturated heterocycles. The smallest absolute Gasteiger partial charge is 0.0931 e. The molecule has 2 atom stereocenters. The van der Waals surface area contributed by atoms with Crippen molar-refractivity contribution in [2.24, 2.45) is 0 Å². The van der Waals surface area contributed by atoms with Crippen LogP contribution in [0.15, 0.2) is 36.4 Å². The minimum Gasteiger partial charge on any atom is -0.303 e. The topological polar surface area (TPSA) is 12.0 Å². The van der Waals surface area contributed by atoms with Gasteiger partial charge in [-0.05, 0) is 42.5 Å². The van der Waals surface area contributed by atoms with Gasteiger partial charge in [0, 0.05) is 17.0 Å². The fourth-order valence-electron chi connectivity index (χ4n) is 2.39. The van der Waals surface area contributed by atoms with E-state index in [-0.39, 0.29) is 5.41 Å². The number of thiophene rings is 1. The van der Waals surface area contributed by atoms with Gasteiger partial charge in [-0.25, -0.2) is 0 Å². The van der Waals surface area contributed by atoms with Gasteiger partial charge in [-0.2, -0.15) is 0 Å². The van der Waals surface area contributed by atoms with Crippen molar-refractivity contribution in [2.45, 2.75) is 52.1 Å². The molecular formula is C18H24ClNS. The van der Waals surface area contributed by atoms with Crippen molar-refractivity contribution in [1.82, 2.24) is 5.32 Å². The lowest BCUT2D eigenvalue weighted by atomic mass is 9.86. The maximum atomic E-state index is 6.01. The summed E-state index contributed by atoms with van der Waals surface area (Å²) < 4.78 is 0.848. The highest BCUT2D eigenvalue weighted by atomic mass is 35.5. The minimum absolute atomic E-state index is 0.205. The lowest BCUT2D eigenvalue weighted by Crippen LogP contribution is -2.22. The van der Waals surface area contributed by atoms with E-state index in [1.54, 1.807) is 11.3 Å². The molecule has 1 nitrogen and oxygen atoms in total. The summed E-state index contributed by atoms with van der Waals surface area (Å²) in [5.41, 5.74) is 2.89. The molecule has 21 heavy (non-hydrogen) atoms. The average molecular weight is 322 g/mol. The monoisotopic (exact) mass is 321 g/mol. The first-order chi connectivity index (χ1) is 9.77. The van der Waals surface area contributed by atoms with Gasteiger partial charge in [0.15, 0.2) is 0 Å². The standard InChI is InChI=1S/C18H24ClNS/c1-12(20-13(2)16-10-11-17(19)21-16)14-6-8-15(9-7-14)18(3,4)5/h6-13,20H,1-5H3. The fraction of sp³-hybridized carbons (Fsp3) is 0.444. The van der Waals surface area contributed by atoms with Gasteiger partial charge in [0.1, 0.15) is 0 Å². The average Bonchev–Trinajstić information content (AvgIpc) is 2.84. The molecular weight excluding hydrogens is 298 g/mol. The van der Waals surface area contributed by atoms with Crippen molar-refractivity contribution in [3.63, 3.8) is 0 Å². The van der Waals surface area contributed by atoms with Crippen molar-refractivity contribution in [1.29, 1.82) is 0 Å². The van der Waals surface area contributed by atoms with Crippen LogP contribution in [-0.2, 0) is 5.41 Å². The third kappa shape index (κ3) is 4.32. The summed E-state index contributed by atoms with van der Waals surface area (Å²) in [6, 6.07) is 13.6. The van der Waals surface area contributed by atoms with Crippen LogP contribution in [0, 0.1) is 0 Å². The van der Waals surface area contributed by atoms with Gasteiger partial charge >= 0.3 is 0 Å². The van der Waals surface area contributed by atoms with Gasteiger partial charge in [-0.15, -0.1) is 11.3 Å². The molecule has 1 aromatic heterocycles. The van der Waals surface area contributed by atoms with Crippen molar-refractivity contribution >= 4 is 22.9 Å². The molecule has 3 heteroatoms. The molecule has 0 saturated carbocycles. The highest BCUT2D eigenvalue weighted by Gasteiger charge is 2.15. The molecule has 0 spiro atoms. The van der Waals surface area contributed by atoms with Crippen LogP contribution in [0.2, 0.25) is 4.34 Å². The molecule has 0 radical (unpaired) electrons. The summed E-state index contributed by atoms with van der Waals surface area (Å²) in [6.07, 6.45) is 0. The number of benzene rings is 1. The van der Waals surface area contributed by atoms with Crippen LogP contribution in [0.5, 0.6) is 0 Å². The van der Waals surface area contributed by atoms with Gasteiger partial charge < -0.3 is 5.32 Å². The first-order valence-electron chi connectivity index (χ1n) is 7.39. The van der Waals surface area contributed by atoms with Crippen molar-refractivity contribution in [3.8, 4) is 0 Å². The number of hydrogen-bond acceptors (Lipinski definition) is 2.